The summed E-state index contributed by atoms with van der Waals surface area (Å²) in [7, 11) is 0. The molecule has 1 aliphatic rings. The number of hydrogen-bond acceptors (Lipinski definition) is 5. The molecule has 6 nitrogen and oxygen atoms in total. The van der Waals surface area contributed by atoms with E-state index in [1.54, 1.807) is 42.5 Å². The van der Waals surface area contributed by atoms with Crippen LogP contribution in [0, 0.1) is 0 Å². The van der Waals surface area contributed by atoms with Gasteiger partial charge >= 0.3 is 5.97 Å². The Morgan fingerprint density at radius 1 is 0.967 bits per heavy atom. The summed E-state index contributed by atoms with van der Waals surface area (Å²) in [4.78, 5) is 39.3. The van der Waals surface area contributed by atoms with Crippen molar-refractivity contribution in [1.29, 1.82) is 0 Å². The van der Waals surface area contributed by atoms with Crippen molar-refractivity contribution >= 4 is 56.4 Å². The van der Waals surface area contributed by atoms with Crippen molar-refractivity contribution in [2.45, 2.75) is 6.04 Å². The molecule has 4 rings (SSSR count). The maximum absolute atomic E-state index is 13.0. The van der Waals surface area contributed by atoms with E-state index in [1.165, 1.54) is 34.4 Å². The van der Waals surface area contributed by atoms with E-state index in [0.29, 0.717) is 10.4 Å². The minimum absolute atomic E-state index is 0.0106. The van der Waals surface area contributed by atoms with Gasteiger partial charge in [-0.3, -0.25) is 14.5 Å². The molecule has 0 bridgehead atoms. The molecule has 0 spiro atoms. The Bertz CT molecular complexity index is 1200. The molecule has 1 amide bonds. The van der Waals surface area contributed by atoms with Crippen LogP contribution in [0.5, 0.6) is 0 Å². The number of carboxylic acid groups (broad SMARTS) is 1. The molecule has 1 aliphatic heterocycles. The molecule has 0 radical (unpaired) electrons. The number of aliphatic hydroxyl groups excluding tert-OH is 1. The first-order chi connectivity index (χ1) is 14.4. The summed E-state index contributed by atoms with van der Waals surface area (Å²) in [6.07, 6.45) is 0. The lowest BCUT2D eigenvalue weighted by Gasteiger charge is -2.24. The van der Waals surface area contributed by atoms with Gasteiger partial charge in [-0.2, -0.15) is 0 Å². The molecular weight excluding hydrogens is 470 g/mol. The van der Waals surface area contributed by atoms with E-state index in [0.717, 1.165) is 4.47 Å². The van der Waals surface area contributed by atoms with Crippen LogP contribution in [0.15, 0.2) is 76.1 Å². The van der Waals surface area contributed by atoms with Crippen molar-refractivity contribution in [2.24, 2.45) is 0 Å². The molecule has 8 heteroatoms. The van der Waals surface area contributed by atoms with Gasteiger partial charge < -0.3 is 10.2 Å². The minimum atomic E-state index is -1.15. The van der Waals surface area contributed by atoms with E-state index >= 15 is 0 Å². The third-order valence-electron chi connectivity index (χ3n) is 4.72. The number of thiophene rings is 1. The Morgan fingerprint density at radius 2 is 1.67 bits per heavy atom. The Kier molecular flexibility index (Phi) is 5.27. The number of amides is 1. The standard InChI is InChI=1S/C22H14BrNO5S/c23-14-10-16(30-11-14)18-17(19(25)12-5-2-1-3-6-12)20(26)21(27)24(18)15-8-4-7-13(9-15)22(28)29/h1-11,18,25H,(H,28,29)/b19-17+. The molecule has 1 aromatic heterocycles. The van der Waals surface area contributed by atoms with Gasteiger partial charge in [0.25, 0.3) is 11.7 Å². The first-order valence-electron chi connectivity index (χ1n) is 8.82. The lowest BCUT2D eigenvalue weighted by Crippen LogP contribution is -2.29. The van der Waals surface area contributed by atoms with Crippen LogP contribution in [0.3, 0.4) is 0 Å². The number of carbonyl (C=O) groups is 3. The minimum Gasteiger partial charge on any atom is -0.507 e. The zero-order valence-corrected chi connectivity index (χ0v) is 17.7. The number of carboxylic acids is 1. The number of aromatic carboxylic acids is 1. The number of Topliss-reactive ketones (excluding diaryl/α,β-unsaturated/α-hetero) is 1. The van der Waals surface area contributed by atoms with Crippen LogP contribution in [0.2, 0.25) is 0 Å². The molecule has 1 saturated heterocycles. The molecule has 1 unspecified atom stereocenters. The molecule has 2 heterocycles. The van der Waals surface area contributed by atoms with Gasteiger partial charge in [0.15, 0.2) is 0 Å². The number of nitrogens with zero attached hydrogens (tertiary/aromatic N) is 1. The van der Waals surface area contributed by atoms with Gasteiger partial charge in [-0.1, -0.05) is 36.4 Å². The zero-order chi connectivity index (χ0) is 21.4. The van der Waals surface area contributed by atoms with Crippen molar-refractivity contribution in [3.63, 3.8) is 0 Å². The van der Waals surface area contributed by atoms with E-state index < -0.39 is 23.7 Å². The van der Waals surface area contributed by atoms with Gasteiger partial charge in [0, 0.05) is 26.0 Å². The lowest BCUT2D eigenvalue weighted by atomic mass is 9.99. The van der Waals surface area contributed by atoms with Gasteiger partial charge in [0.1, 0.15) is 11.8 Å². The molecule has 150 valence electrons. The summed E-state index contributed by atoms with van der Waals surface area (Å²) in [5.74, 6) is -3.08. The van der Waals surface area contributed by atoms with E-state index in [-0.39, 0.29) is 22.6 Å². The van der Waals surface area contributed by atoms with Crippen LogP contribution in [0.25, 0.3) is 5.76 Å². The fraction of sp³-hybridized carbons (Fsp3) is 0.0455. The molecule has 0 aliphatic carbocycles. The second-order valence-corrected chi connectivity index (χ2v) is 8.42. The summed E-state index contributed by atoms with van der Waals surface area (Å²) in [6, 6.07) is 15.2. The van der Waals surface area contributed by atoms with Crippen LogP contribution in [0.4, 0.5) is 5.69 Å². The van der Waals surface area contributed by atoms with Gasteiger partial charge in [-0.15, -0.1) is 11.3 Å². The maximum atomic E-state index is 13.0. The molecule has 0 saturated carbocycles. The van der Waals surface area contributed by atoms with E-state index in [4.69, 9.17) is 0 Å². The summed E-state index contributed by atoms with van der Waals surface area (Å²) in [5, 5.41) is 22.1. The monoisotopic (exact) mass is 483 g/mol. The average Bonchev–Trinajstić information content (AvgIpc) is 3.29. The molecule has 30 heavy (non-hydrogen) atoms. The van der Waals surface area contributed by atoms with Crippen molar-refractivity contribution in [2.75, 3.05) is 4.90 Å². The summed E-state index contributed by atoms with van der Waals surface area (Å²) in [6.45, 7) is 0. The fourth-order valence-electron chi connectivity index (χ4n) is 3.38. The van der Waals surface area contributed by atoms with Crippen LogP contribution in [0.1, 0.15) is 26.8 Å². The normalized spacial score (nSPS) is 18.0. The van der Waals surface area contributed by atoms with Gasteiger partial charge in [-0.25, -0.2) is 4.79 Å². The summed E-state index contributed by atoms with van der Waals surface area (Å²) >= 11 is 4.71. The number of carbonyl (C=O) groups excluding carboxylic acids is 2. The fourth-order valence-corrected chi connectivity index (χ4v) is 4.92. The van der Waals surface area contributed by atoms with Crippen molar-refractivity contribution in [3.05, 3.63) is 92.1 Å². The number of aliphatic hydroxyl groups is 1. The second kappa shape index (κ2) is 7.89. The first kappa shape index (κ1) is 20.1. The molecular formula is C22H14BrNO5S. The SMILES string of the molecule is O=C1C(=O)N(c2cccc(C(=O)O)c2)C(c2cc(Br)cs2)/C1=C(\O)c1ccccc1. The number of rotatable bonds is 4. The number of benzene rings is 2. The lowest BCUT2D eigenvalue weighted by molar-refractivity contribution is -0.132. The summed E-state index contributed by atoms with van der Waals surface area (Å²) in [5.41, 5.74) is 0.624. The van der Waals surface area contributed by atoms with Gasteiger partial charge in [0.2, 0.25) is 0 Å². The number of anilines is 1. The van der Waals surface area contributed by atoms with Crippen LogP contribution < -0.4 is 4.90 Å². The topological polar surface area (TPSA) is 94.9 Å². The van der Waals surface area contributed by atoms with Crippen LogP contribution >= 0.6 is 27.3 Å². The van der Waals surface area contributed by atoms with Crippen molar-refractivity contribution in [1.82, 2.24) is 0 Å². The van der Waals surface area contributed by atoms with Gasteiger partial charge in [-0.05, 0) is 40.2 Å². The molecule has 2 aromatic carbocycles. The van der Waals surface area contributed by atoms with Gasteiger partial charge in [0.05, 0.1) is 11.1 Å². The van der Waals surface area contributed by atoms with E-state index in [2.05, 4.69) is 15.9 Å². The van der Waals surface area contributed by atoms with Crippen molar-refractivity contribution < 1.29 is 24.6 Å². The molecule has 1 atom stereocenters. The predicted molar refractivity (Wildman–Crippen MR) is 117 cm³/mol. The highest BCUT2D eigenvalue weighted by Gasteiger charge is 2.47. The molecule has 3 aromatic rings. The number of halogens is 1. The smallest absolute Gasteiger partial charge is 0.335 e. The zero-order valence-electron chi connectivity index (χ0n) is 15.3. The average molecular weight is 484 g/mol. The Labute approximate surface area is 183 Å². The maximum Gasteiger partial charge on any atom is 0.335 e. The van der Waals surface area contributed by atoms with E-state index in [9.17, 15) is 24.6 Å². The Morgan fingerprint density at radius 3 is 2.30 bits per heavy atom. The quantitative estimate of drug-likeness (QED) is 0.314. The second-order valence-electron chi connectivity index (χ2n) is 6.56. The third-order valence-corrected chi connectivity index (χ3v) is 6.47. The largest absolute Gasteiger partial charge is 0.507 e. The van der Waals surface area contributed by atoms with Crippen molar-refractivity contribution in [3.8, 4) is 0 Å². The highest BCUT2D eigenvalue weighted by atomic mass is 79.9. The predicted octanol–water partition coefficient (Wildman–Crippen LogP) is 4.84. The molecule has 1 fully saturated rings. The first-order valence-corrected chi connectivity index (χ1v) is 10.5. The number of ketones is 1. The van der Waals surface area contributed by atoms with Crippen LogP contribution in [-0.2, 0) is 9.59 Å². The molecule has 2 N–H and O–H groups in total. The Hall–Kier alpha value is -3.23. The Balaban J connectivity index is 1.94. The van der Waals surface area contributed by atoms with E-state index in [1.807, 2.05) is 5.38 Å². The highest BCUT2D eigenvalue weighted by molar-refractivity contribution is 9.10. The van der Waals surface area contributed by atoms with Crippen LogP contribution in [-0.4, -0.2) is 27.9 Å². The summed E-state index contributed by atoms with van der Waals surface area (Å²) < 4.78 is 0.770. The number of hydrogen-bond donors (Lipinski definition) is 2. The third kappa shape index (κ3) is 3.44. The highest BCUT2D eigenvalue weighted by Crippen LogP contribution is 2.44.